The van der Waals surface area contributed by atoms with E-state index in [1.165, 1.54) is 0 Å². The van der Waals surface area contributed by atoms with Gasteiger partial charge < -0.3 is 89.3 Å². The van der Waals surface area contributed by atoms with Gasteiger partial charge in [0.1, 0.15) is 67.1 Å². The minimum absolute atomic E-state index is 0.0619. The smallest absolute Gasteiger partial charge is 0.187 e. The lowest BCUT2D eigenvalue weighted by Gasteiger charge is -2.73. The van der Waals surface area contributed by atoms with Crippen LogP contribution in [0, 0.1) is 56.7 Å². The highest BCUT2D eigenvalue weighted by atomic mass is 16.8. The standard InChI is InChI=1S/C47H76O18/c1-21-7-13-46-20-60-47(38(46)22(21)2)14-9-27-42(3)11-10-29(43(4,19-50)26(42)8-12-44(27,5)45(47,6)15-28(46)52)63-40-36(33(56)31(54)24(16-48)61-40)65-41-37(34(57)32(55)25(17-49)62-41)64-39-35(58)30(53)23(51)18-59-39/h9,14,21-41,48-58H,7-8,10-13,15-20H2,1-6H3/t21-,22+,23+,24+,25-,26-,27-,28+,29+,30+,31+,32-,33-,34-,35+,36+,37-,38-,39-,40+,41-,42+,43+,44-,45+,46-,47-/m1/s1. The number of aliphatic hydroxyl groups is 11. The molecule has 4 heterocycles. The first-order valence-electron chi connectivity index (χ1n) is 24.1. The van der Waals surface area contributed by atoms with Crippen molar-refractivity contribution in [2.24, 2.45) is 56.7 Å². The molecule has 9 aliphatic rings. The fraction of sp³-hybridized carbons (Fsp3) is 0.957. The Hall–Kier alpha value is -0.980. The summed E-state index contributed by atoms with van der Waals surface area (Å²) in [5.74, 6) is 1.06. The van der Waals surface area contributed by atoms with Crippen molar-refractivity contribution in [2.75, 3.05) is 33.0 Å². The first kappa shape index (κ1) is 49.0. The van der Waals surface area contributed by atoms with Crippen molar-refractivity contribution in [3.63, 3.8) is 0 Å². The summed E-state index contributed by atoms with van der Waals surface area (Å²) in [6, 6.07) is 0. The second kappa shape index (κ2) is 17.1. The summed E-state index contributed by atoms with van der Waals surface area (Å²) < 4.78 is 43.5. The number of rotatable bonds is 9. The predicted molar refractivity (Wildman–Crippen MR) is 225 cm³/mol. The van der Waals surface area contributed by atoms with Crippen LogP contribution in [-0.2, 0) is 33.2 Å². The summed E-state index contributed by atoms with van der Waals surface area (Å²) in [5.41, 5.74) is -2.66. The van der Waals surface area contributed by atoms with Crippen LogP contribution in [-0.4, -0.2) is 193 Å². The highest BCUT2D eigenvalue weighted by molar-refractivity contribution is 5.36. The van der Waals surface area contributed by atoms with Gasteiger partial charge >= 0.3 is 0 Å². The van der Waals surface area contributed by atoms with Crippen molar-refractivity contribution in [2.45, 2.75) is 190 Å². The van der Waals surface area contributed by atoms with E-state index in [1.54, 1.807) is 0 Å². The fourth-order valence-corrected chi connectivity index (χ4v) is 15.8. The summed E-state index contributed by atoms with van der Waals surface area (Å²) >= 11 is 0. The average molecular weight is 929 g/mol. The molecule has 11 N–H and O–H groups in total. The van der Waals surface area contributed by atoms with E-state index < -0.39 is 129 Å². The number of allylic oxidation sites excluding steroid dienone is 1. The maximum atomic E-state index is 12.3. The topological polar surface area (TPSA) is 287 Å². The van der Waals surface area contributed by atoms with Gasteiger partial charge in [-0.25, -0.2) is 0 Å². The highest BCUT2D eigenvalue weighted by Gasteiger charge is 2.79. The lowest BCUT2D eigenvalue weighted by molar-refractivity contribution is -0.395. The van der Waals surface area contributed by atoms with E-state index in [9.17, 15) is 56.2 Å². The van der Waals surface area contributed by atoms with E-state index in [1.807, 2.05) is 6.92 Å². The summed E-state index contributed by atoms with van der Waals surface area (Å²) in [6.45, 7) is 12.1. The molecule has 0 aromatic rings. The van der Waals surface area contributed by atoms with Gasteiger partial charge in [-0.1, -0.05) is 53.7 Å². The van der Waals surface area contributed by atoms with E-state index in [-0.39, 0.29) is 46.0 Å². The molecule has 0 aromatic heterocycles. The van der Waals surface area contributed by atoms with Gasteiger partial charge in [0.25, 0.3) is 0 Å². The zero-order chi connectivity index (χ0) is 47.0. The minimum Gasteiger partial charge on any atom is -0.396 e. The van der Waals surface area contributed by atoms with Crippen molar-refractivity contribution in [3.05, 3.63) is 12.2 Å². The van der Waals surface area contributed by atoms with Gasteiger partial charge in [0.05, 0.1) is 50.8 Å². The lowest BCUT2D eigenvalue weighted by Crippen LogP contribution is -2.73. The van der Waals surface area contributed by atoms with E-state index >= 15 is 0 Å². The minimum atomic E-state index is -1.85. The van der Waals surface area contributed by atoms with Crippen LogP contribution in [0.2, 0.25) is 0 Å². The number of ether oxygens (including phenoxy) is 7. The predicted octanol–water partition coefficient (Wildman–Crippen LogP) is -0.931. The Bertz CT molecular complexity index is 1760. The summed E-state index contributed by atoms with van der Waals surface area (Å²) in [6.07, 6.45) is -14.1. The molecule has 8 fully saturated rings. The number of aliphatic hydroxyl groups excluding tert-OH is 11. The van der Waals surface area contributed by atoms with Crippen LogP contribution in [0.15, 0.2) is 12.2 Å². The van der Waals surface area contributed by atoms with Crippen molar-refractivity contribution < 1.29 is 89.3 Å². The number of hydrogen-bond donors (Lipinski definition) is 11. The Morgan fingerprint density at radius 1 is 0.677 bits per heavy atom. The zero-order valence-electron chi connectivity index (χ0n) is 38.5. The molecule has 0 unspecified atom stereocenters. The average Bonchev–Trinajstić information content (AvgIpc) is 3.59. The third-order valence-corrected chi connectivity index (χ3v) is 20.0. The molecule has 1 spiro atoms. The van der Waals surface area contributed by atoms with Crippen LogP contribution >= 0.6 is 0 Å². The van der Waals surface area contributed by atoms with Gasteiger partial charge in [-0.3, -0.25) is 0 Å². The van der Waals surface area contributed by atoms with Crippen LogP contribution in [0.25, 0.3) is 0 Å². The first-order chi connectivity index (χ1) is 30.6. The van der Waals surface area contributed by atoms with Crippen molar-refractivity contribution in [1.29, 1.82) is 0 Å². The first-order valence-corrected chi connectivity index (χ1v) is 24.1. The molecule has 4 aliphatic heterocycles. The molecule has 2 bridgehead atoms. The molecular formula is C47H76O18. The molecule has 0 radical (unpaired) electrons. The van der Waals surface area contributed by atoms with Crippen LogP contribution in [0.5, 0.6) is 0 Å². The van der Waals surface area contributed by atoms with Crippen LogP contribution in [0.1, 0.15) is 86.5 Å². The molecule has 27 atom stereocenters. The largest absolute Gasteiger partial charge is 0.396 e. The van der Waals surface area contributed by atoms with Gasteiger partial charge in [-0.05, 0) is 79.4 Å². The summed E-state index contributed by atoms with van der Waals surface area (Å²) in [7, 11) is 0. The fourth-order valence-electron chi connectivity index (χ4n) is 15.8. The van der Waals surface area contributed by atoms with Gasteiger partial charge in [0.15, 0.2) is 18.9 Å². The molecule has 0 aromatic carbocycles. The van der Waals surface area contributed by atoms with Gasteiger partial charge in [0.2, 0.25) is 0 Å². The summed E-state index contributed by atoms with van der Waals surface area (Å²) in [5, 5.41) is 120. The second-order valence-electron chi connectivity index (χ2n) is 22.8. The molecule has 65 heavy (non-hydrogen) atoms. The Kier molecular flexibility index (Phi) is 12.9. The molecule has 372 valence electrons. The molecule has 0 amide bonds. The van der Waals surface area contributed by atoms with Gasteiger partial charge in [-0.2, -0.15) is 0 Å². The number of hydrogen-bond acceptors (Lipinski definition) is 18. The van der Waals surface area contributed by atoms with Gasteiger partial charge in [0, 0.05) is 22.2 Å². The molecule has 4 saturated carbocycles. The quantitative estimate of drug-likeness (QED) is 0.0984. The lowest BCUT2D eigenvalue weighted by atomic mass is 9.31. The molecular weight excluding hydrogens is 852 g/mol. The molecule has 18 heteroatoms. The van der Waals surface area contributed by atoms with E-state index in [0.717, 1.165) is 25.7 Å². The zero-order valence-corrected chi connectivity index (χ0v) is 38.5. The second-order valence-corrected chi connectivity index (χ2v) is 22.8. The Morgan fingerprint density at radius 2 is 1.29 bits per heavy atom. The third kappa shape index (κ3) is 6.85. The van der Waals surface area contributed by atoms with Crippen molar-refractivity contribution in [1.82, 2.24) is 0 Å². The van der Waals surface area contributed by atoms with Gasteiger partial charge in [-0.15, -0.1) is 0 Å². The Labute approximate surface area is 380 Å². The number of fused-ring (bicyclic) bond motifs is 4. The van der Waals surface area contributed by atoms with Crippen LogP contribution in [0.4, 0.5) is 0 Å². The maximum Gasteiger partial charge on any atom is 0.187 e. The van der Waals surface area contributed by atoms with E-state index in [4.69, 9.17) is 33.2 Å². The monoisotopic (exact) mass is 929 g/mol. The Morgan fingerprint density at radius 3 is 1.91 bits per heavy atom. The maximum absolute atomic E-state index is 12.3. The molecule has 5 aliphatic carbocycles. The van der Waals surface area contributed by atoms with Crippen LogP contribution < -0.4 is 0 Å². The van der Waals surface area contributed by atoms with Crippen LogP contribution in [0.3, 0.4) is 0 Å². The normalized spacial score (nSPS) is 59.8. The van der Waals surface area contributed by atoms with Crippen molar-refractivity contribution in [3.8, 4) is 0 Å². The SMILES string of the molecule is C[C@H]1[C@H](C)CC[C@@]23CO[C@]4(C=C[C@@H]5[C@@]6(C)CC[C@H](O[C@@H]7O[C@@H](CO)[C@H](O)[C@@H](O)[C@@H]7O[C@H]7O[C@H](CO)[C@@H](O)[C@@H](O)[C@H]7O[C@H]7OC[C@H](O)[C@H](O)[C@@H]7O)[C@@](C)(CO)[C@@H]6CC[C@@]5(C)[C@]4(C)C[C@@H]2O)[C@H]13. The van der Waals surface area contributed by atoms with Crippen molar-refractivity contribution >= 4 is 0 Å². The summed E-state index contributed by atoms with van der Waals surface area (Å²) in [4.78, 5) is 0. The van der Waals surface area contributed by atoms with E-state index in [0.29, 0.717) is 37.7 Å². The molecule has 18 nitrogen and oxygen atoms in total. The third-order valence-electron chi connectivity index (χ3n) is 20.0. The molecule has 9 rings (SSSR count). The highest BCUT2D eigenvalue weighted by Crippen LogP contribution is 2.79. The van der Waals surface area contributed by atoms with E-state index in [2.05, 4.69) is 46.8 Å². The Balaban J connectivity index is 1.00. The molecule has 4 saturated heterocycles.